The Bertz CT molecular complexity index is 1010. The standard InChI is InChI=1S/C24H25ClN2O2/c1-2-16-29-21-12-11-20(19-6-5-15-26-22(19)21)27-23(28)24(13-3-4-14-24)17-7-9-18(25)10-8-17/h5-12,15H,2-4,13-14,16H2,1H3,(H,27,28). The number of hydrogen-bond acceptors (Lipinski definition) is 3. The fourth-order valence-corrected chi connectivity index (χ4v) is 4.35. The Labute approximate surface area is 176 Å². The van der Waals surface area contributed by atoms with Gasteiger partial charge in [-0.25, -0.2) is 0 Å². The Morgan fingerprint density at radius 2 is 1.90 bits per heavy atom. The van der Waals surface area contributed by atoms with Crippen molar-refractivity contribution in [3.63, 3.8) is 0 Å². The number of aromatic nitrogens is 1. The summed E-state index contributed by atoms with van der Waals surface area (Å²) in [7, 11) is 0. The van der Waals surface area contributed by atoms with Crippen molar-refractivity contribution in [2.75, 3.05) is 11.9 Å². The third-order valence-corrected chi connectivity index (χ3v) is 5.98. The number of halogens is 1. The van der Waals surface area contributed by atoms with Gasteiger partial charge >= 0.3 is 0 Å². The van der Waals surface area contributed by atoms with Gasteiger partial charge in [0.15, 0.2) is 0 Å². The number of fused-ring (bicyclic) bond motifs is 1. The zero-order chi connectivity index (χ0) is 20.3. The molecule has 0 spiro atoms. The summed E-state index contributed by atoms with van der Waals surface area (Å²) in [5, 5.41) is 4.77. The number of rotatable bonds is 6. The van der Waals surface area contributed by atoms with Crippen LogP contribution < -0.4 is 10.1 Å². The van der Waals surface area contributed by atoms with Crippen LogP contribution >= 0.6 is 11.6 Å². The van der Waals surface area contributed by atoms with Gasteiger partial charge < -0.3 is 10.1 Å². The first kappa shape index (κ1) is 19.7. The Balaban J connectivity index is 1.68. The number of carbonyl (C=O) groups excluding carboxylic acids is 1. The fraction of sp³-hybridized carbons (Fsp3) is 0.333. The van der Waals surface area contributed by atoms with Crippen LogP contribution in [0, 0.1) is 0 Å². The van der Waals surface area contributed by atoms with E-state index in [1.54, 1.807) is 6.20 Å². The minimum atomic E-state index is -0.517. The van der Waals surface area contributed by atoms with Crippen LogP contribution in [0.4, 0.5) is 5.69 Å². The maximum Gasteiger partial charge on any atom is 0.235 e. The van der Waals surface area contributed by atoms with Crippen molar-refractivity contribution >= 4 is 34.1 Å². The van der Waals surface area contributed by atoms with E-state index in [-0.39, 0.29) is 5.91 Å². The molecule has 5 heteroatoms. The van der Waals surface area contributed by atoms with Gasteiger partial charge in [0, 0.05) is 16.6 Å². The molecule has 3 aromatic rings. The molecule has 1 N–H and O–H groups in total. The molecule has 1 amide bonds. The number of carbonyl (C=O) groups is 1. The van der Waals surface area contributed by atoms with E-state index in [0.29, 0.717) is 11.6 Å². The molecule has 1 saturated carbocycles. The predicted octanol–water partition coefficient (Wildman–Crippen LogP) is 6.13. The van der Waals surface area contributed by atoms with Crippen molar-refractivity contribution in [3.8, 4) is 5.75 Å². The third-order valence-electron chi connectivity index (χ3n) is 5.73. The molecule has 150 valence electrons. The number of nitrogens with zero attached hydrogens (tertiary/aromatic N) is 1. The summed E-state index contributed by atoms with van der Waals surface area (Å²) in [6.07, 6.45) is 6.45. The minimum absolute atomic E-state index is 0.0321. The predicted molar refractivity (Wildman–Crippen MR) is 118 cm³/mol. The average molecular weight is 409 g/mol. The monoisotopic (exact) mass is 408 g/mol. The molecule has 0 aliphatic heterocycles. The van der Waals surface area contributed by atoms with Crippen LogP contribution in [0.2, 0.25) is 5.02 Å². The molecule has 29 heavy (non-hydrogen) atoms. The lowest BCUT2D eigenvalue weighted by Gasteiger charge is -2.28. The fourth-order valence-electron chi connectivity index (χ4n) is 4.22. The molecule has 1 aliphatic carbocycles. The molecule has 0 bridgehead atoms. The van der Waals surface area contributed by atoms with E-state index in [1.165, 1.54) is 0 Å². The molecule has 4 nitrogen and oxygen atoms in total. The van der Waals surface area contributed by atoms with Gasteiger partial charge in [-0.05, 0) is 61.2 Å². The summed E-state index contributed by atoms with van der Waals surface area (Å²) in [6, 6.07) is 15.4. The van der Waals surface area contributed by atoms with Crippen molar-refractivity contribution in [1.29, 1.82) is 0 Å². The highest BCUT2D eigenvalue weighted by atomic mass is 35.5. The largest absolute Gasteiger partial charge is 0.491 e. The molecule has 1 heterocycles. The smallest absolute Gasteiger partial charge is 0.235 e. The summed E-state index contributed by atoms with van der Waals surface area (Å²) in [5.74, 6) is 0.776. The van der Waals surface area contributed by atoms with Gasteiger partial charge in [0.1, 0.15) is 11.3 Å². The highest BCUT2D eigenvalue weighted by Gasteiger charge is 2.42. The number of amides is 1. The molecular formula is C24H25ClN2O2. The first-order chi connectivity index (χ1) is 14.1. The van der Waals surface area contributed by atoms with Crippen molar-refractivity contribution < 1.29 is 9.53 Å². The van der Waals surface area contributed by atoms with Gasteiger partial charge in [-0.15, -0.1) is 0 Å². The molecule has 1 aromatic heterocycles. The van der Waals surface area contributed by atoms with Gasteiger partial charge in [0.05, 0.1) is 17.7 Å². The van der Waals surface area contributed by atoms with Gasteiger partial charge in [-0.3, -0.25) is 9.78 Å². The Kier molecular flexibility index (Phi) is 5.72. The lowest BCUT2D eigenvalue weighted by molar-refractivity contribution is -0.121. The number of hydrogen-bond donors (Lipinski definition) is 1. The van der Waals surface area contributed by atoms with Crippen molar-refractivity contribution in [1.82, 2.24) is 4.98 Å². The molecule has 2 aromatic carbocycles. The van der Waals surface area contributed by atoms with E-state index in [1.807, 2.05) is 48.5 Å². The molecular weight excluding hydrogens is 384 g/mol. The van der Waals surface area contributed by atoms with E-state index < -0.39 is 5.41 Å². The molecule has 0 atom stereocenters. The maximum atomic E-state index is 13.5. The minimum Gasteiger partial charge on any atom is -0.491 e. The second-order valence-electron chi connectivity index (χ2n) is 7.61. The second-order valence-corrected chi connectivity index (χ2v) is 8.05. The molecule has 0 unspecified atom stereocenters. The Morgan fingerprint density at radius 3 is 2.62 bits per heavy atom. The quantitative estimate of drug-likeness (QED) is 0.533. The zero-order valence-corrected chi connectivity index (χ0v) is 17.3. The normalized spacial score (nSPS) is 15.4. The van der Waals surface area contributed by atoms with Crippen molar-refractivity contribution in [2.24, 2.45) is 0 Å². The summed E-state index contributed by atoms with van der Waals surface area (Å²) in [4.78, 5) is 18.0. The van der Waals surface area contributed by atoms with E-state index in [4.69, 9.17) is 16.3 Å². The van der Waals surface area contributed by atoms with Gasteiger partial charge in [-0.2, -0.15) is 0 Å². The summed E-state index contributed by atoms with van der Waals surface area (Å²) < 4.78 is 5.84. The van der Waals surface area contributed by atoms with Crippen LogP contribution in [0.25, 0.3) is 10.9 Å². The maximum absolute atomic E-state index is 13.5. The average Bonchev–Trinajstić information content (AvgIpc) is 3.25. The second kappa shape index (κ2) is 8.42. The molecule has 4 rings (SSSR count). The first-order valence-electron chi connectivity index (χ1n) is 10.2. The number of anilines is 1. The van der Waals surface area contributed by atoms with Crippen LogP contribution in [-0.4, -0.2) is 17.5 Å². The lowest BCUT2D eigenvalue weighted by Crippen LogP contribution is -2.38. The lowest BCUT2D eigenvalue weighted by atomic mass is 9.78. The Hall–Kier alpha value is -2.59. The highest BCUT2D eigenvalue weighted by Crippen LogP contribution is 2.43. The number of nitrogens with one attached hydrogen (secondary N) is 1. The molecule has 1 aliphatic rings. The van der Waals surface area contributed by atoms with Crippen molar-refractivity contribution in [3.05, 3.63) is 65.3 Å². The summed E-state index contributed by atoms with van der Waals surface area (Å²) in [5.41, 5.74) is 2.05. The summed E-state index contributed by atoms with van der Waals surface area (Å²) in [6.45, 7) is 2.71. The van der Waals surface area contributed by atoms with Gasteiger partial charge in [0.25, 0.3) is 0 Å². The SMILES string of the molecule is CCCOc1ccc(NC(=O)C2(c3ccc(Cl)cc3)CCCC2)c2cccnc12. The van der Waals surface area contributed by atoms with E-state index >= 15 is 0 Å². The molecule has 0 saturated heterocycles. The third kappa shape index (κ3) is 3.82. The zero-order valence-electron chi connectivity index (χ0n) is 16.6. The first-order valence-corrected chi connectivity index (χ1v) is 10.6. The number of ether oxygens (including phenoxy) is 1. The number of pyridine rings is 1. The highest BCUT2D eigenvalue weighted by molar-refractivity contribution is 6.30. The van der Waals surface area contributed by atoms with Crippen molar-refractivity contribution in [2.45, 2.75) is 44.4 Å². The van der Waals surface area contributed by atoms with E-state index in [2.05, 4.69) is 17.2 Å². The Morgan fingerprint density at radius 1 is 1.14 bits per heavy atom. The van der Waals surface area contributed by atoms with Gasteiger partial charge in [-0.1, -0.05) is 43.5 Å². The van der Waals surface area contributed by atoms with E-state index in [0.717, 1.165) is 60.0 Å². The van der Waals surface area contributed by atoms with Crippen LogP contribution in [0.5, 0.6) is 5.75 Å². The number of benzene rings is 2. The molecule has 0 radical (unpaired) electrons. The van der Waals surface area contributed by atoms with Crippen LogP contribution in [0.1, 0.15) is 44.6 Å². The van der Waals surface area contributed by atoms with E-state index in [9.17, 15) is 4.79 Å². The topological polar surface area (TPSA) is 51.2 Å². The van der Waals surface area contributed by atoms with Gasteiger partial charge in [0.2, 0.25) is 5.91 Å². The van der Waals surface area contributed by atoms with Crippen LogP contribution in [-0.2, 0) is 10.2 Å². The van der Waals surface area contributed by atoms with Crippen LogP contribution in [0.15, 0.2) is 54.7 Å². The summed E-state index contributed by atoms with van der Waals surface area (Å²) >= 11 is 6.07. The van der Waals surface area contributed by atoms with Crippen LogP contribution in [0.3, 0.4) is 0 Å². The molecule has 1 fully saturated rings.